The van der Waals surface area contributed by atoms with Crippen molar-refractivity contribution >= 4 is 25.5 Å². The molecule has 6 heteroatoms. The van der Waals surface area contributed by atoms with Gasteiger partial charge < -0.3 is 9.47 Å². The van der Waals surface area contributed by atoms with Crippen molar-refractivity contribution < 1.29 is 19.1 Å². The van der Waals surface area contributed by atoms with Gasteiger partial charge in [-0.05, 0) is 32.4 Å². The molecule has 0 fully saturated rings. The third-order valence-electron chi connectivity index (χ3n) is 1.88. The summed E-state index contributed by atoms with van der Waals surface area (Å²) in [5.74, 6) is -0.646. The quantitative estimate of drug-likeness (QED) is 0.534. The molecule has 1 aromatic rings. The van der Waals surface area contributed by atoms with Gasteiger partial charge in [-0.3, -0.25) is 4.57 Å². The summed E-state index contributed by atoms with van der Waals surface area (Å²) in [6, 6.07) is 2.85. The molecule has 0 atom stereocenters. The van der Waals surface area contributed by atoms with Crippen molar-refractivity contribution in [3.05, 3.63) is 17.8 Å². The zero-order valence-electron chi connectivity index (χ0n) is 10.3. The van der Waals surface area contributed by atoms with Gasteiger partial charge in [0.2, 0.25) is 0 Å². The summed E-state index contributed by atoms with van der Waals surface area (Å²) in [4.78, 5) is 23.2. The first-order chi connectivity index (χ1) is 7.76. The van der Waals surface area contributed by atoms with Crippen LogP contribution in [0.3, 0.4) is 0 Å². The Morgan fingerprint density at radius 1 is 1.29 bits per heavy atom. The van der Waals surface area contributed by atoms with Gasteiger partial charge in [0.15, 0.2) is 0 Å². The highest BCUT2D eigenvalue weighted by Crippen LogP contribution is 2.10. The van der Waals surface area contributed by atoms with Crippen molar-refractivity contribution in [3.63, 3.8) is 0 Å². The fourth-order valence-electron chi connectivity index (χ4n) is 1.23. The Labute approximate surface area is 101 Å². The summed E-state index contributed by atoms with van der Waals surface area (Å²) >= 11 is 0. The van der Waals surface area contributed by atoms with Crippen molar-refractivity contribution in [3.8, 4) is 0 Å². The van der Waals surface area contributed by atoms with Gasteiger partial charge in [-0.1, -0.05) is 6.07 Å². The molecular formula is C11H14BNO4. The molecule has 0 aromatic carbocycles. The van der Waals surface area contributed by atoms with Crippen LogP contribution in [0.2, 0.25) is 0 Å². The molecule has 0 saturated heterocycles. The molecule has 5 nitrogen and oxygen atoms in total. The van der Waals surface area contributed by atoms with E-state index in [9.17, 15) is 9.59 Å². The average Bonchev–Trinajstić information content (AvgIpc) is 2.56. The summed E-state index contributed by atoms with van der Waals surface area (Å²) in [6.45, 7) is 5.17. The van der Waals surface area contributed by atoms with E-state index >= 15 is 0 Å². The average molecular weight is 235 g/mol. The smallest absolute Gasteiger partial charge is 0.418 e. The van der Waals surface area contributed by atoms with Crippen LogP contribution in [-0.4, -0.2) is 37.2 Å². The highest BCUT2D eigenvalue weighted by Gasteiger charge is 2.23. The van der Waals surface area contributed by atoms with E-state index in [0.717, 1.165) is 4.57 Å². The molecule has 0 N–H and O–H groups in total. The summed E-state index contributed by atoms with van der Waals surface area (Å²) in [7, 11) is 6.84. The summed E-state index contributed by atoms with van der Waals surface area (Å²) < 4.78 is 10.7. The van der Waals surface area contributed by atoms with E-state index in [1.165, 1.54) is 19.2 Å². The van der Waals surface area contributed by atoms with Crippen LogP contribution in [0.1, 0.15) is 31.3 Å². The molecule has 0 aliphatic carbocycles. The summed E-state index contributed by atoms with van der Waals surface area (Å²) in [6.07, 6.45) is -0.708. The number of esters is 1. The van der Waals surface area contributed by atoms with Crippen LogP contribution < -0.4 is 5.59 Å². The molecule has 0 amide bonds. The standard InChI is InChI=1S/C11H14BNO4/c1-11(2,3)17-10(15)13-7(9(14)16-4)5-6-8(13)12/h5-6H,1-4H3. The molecule has 17 heavy (non-hydrogen) atoms. The zero-order valence-corrected chi connectivity index (χ0v) is 10.3. The zero-order chi connectivity index (χ0) is 13.2. The molecule has 0 aliphatic rings. The molecular weight excluding hydrogens is 221 g/mol. The van der Waals surface area contributed by atoms with Crippen LogP contribution in [0, 0.1) is 0 Å². The highest BCUT2D eigenvalue weighted by atomic mass is 16.6. The van der Waals surface area contributed by atoms with E-state index in [0.29, 0.717) is 0 Å². The Morgan fingerprint density at radius 2 is 1.88 bits per heavy atom. The number of ether oxygens (including phenoxy) is 2. The molecule has 0 spiro atoms. The number of aromatic nitrogens is 1. The lowest BCUT2D eigenvalue weighted by Crippen LogP contribution is -2.34. The Hall–Kier alpha value is -1.72. The predicted octanol–water partition coefficient (Wildman–Crippen LogP) is 0.852. The number of carbonyl (C=O) groups is 2. The predicted molar refractivity (Wildman–Crippen MR) is 62.8 cm³/mol. The second-order valence-corrected chi connectivity index (χ2v) is 4.45. The van der Waals surface area contributed by atoms with Crippen LogP contribution >= 0.6 is 0 Å². The van der Waals surface area contributed by atoms with Gasteiger partial charge in [0.25, 0.3) is 0 Å². The fraction of sp³-hybridized carbons (Fsp3) is 0.455. The Balaban J connectivity index is 3.09. The van der Waals surface area contributed by atoms with Gasteiger partial charge in [0, 0.05) is 0 Å². The van der Waals surface area contributed by atoms with Crippen molar-refractivity contribution in [2.24, 2.45) is 0 Å². The van der Waals surface area contributed by atoms with E-state index in [4.69, 9.17) is 12.6 Å². The minimum atomic E-state index is -0.708. The van der Waals surface area contributed by atoms with Crippen LogP contribution in [0.15, 0.2) is 12.1 Å². The van der Waals surface area contributed by atoms with Crippen LogP contribution in [-0.2, 0) is 9.47 Å². The lowest BCUT2D eigenvalue weighted by Gasteiger charge is -2.21. The Morgan fingerprint density at radius 3 is 2.35 bits per heavy atom. The van der Waals surface area contributed by atoms with Crippen LogP contribution in [0.4, 0.5) is 4.79 Å². The molecule has 1 rings (SSSR count). The van der Waals surface area contributed by atoms with E-state index in [-0.39, 0.29) is 11.3 Å². The first-order valence-electron chi connectivity index (χ1n) is 5.05. The number of hydrogen-bond acceptors (Lipinski definition) is 4. The monoisotopic (exact) mass is 235 g/mol. The third kappa shape index (κ3) is 3.12. The minimum absolute atomic E-state index is 0.0410. The van der Waals surface area contributed by atoms with Crippen molar-refractivity contribution in [1.82, 2.24) is 4.57 Å². The number of carbonyl (C=O) groups excluding carboxylic acids is 2. The molecule has 1 aromatic heterocycles. The first-order valence-corrected chi connectivity index (χ1v) is 5.05. The first kappa shape index (κ1) is 13.4. The molecule has 2 radical (unpaired) electrons. The van der Waals surface area contributed by atoms with Gasteiger partial charge in [-0.25, -0.2) is 9.59 Å². The van der Waals surface area contributed by atoms with Gasteiger partial charge in [-0.2, -0.15) is 0 Å². The van der Waals surface area contributed by atoms with Crippen molar-refractivity contribution in [2.45, 2.75) is 26.4 Å². The molecule has 90 valence electrons. The normalized spacial score (nSPS) is 11.1. The lowest BCUT2D eigenvalue weighted by atomic mass is 10.1. The van der Waals surface area contributed by atoms with Crippen molar-refractivity contribution in [2.75, 3.05) is 7.11 Å². The lowest BCUT2D eigenvalue weighted by molar-refractivity contribution is 0.0488. The second kappa shape index (κ2) is 4.65. The summed E-state index contributed by atoms with van der Waals surface area (Å²) in [5, 5.41) is 0. The maximum atomic E-state index is 11.8. The maximum absolute atomic E-state index is 11.8. The Kier molecular flexibility index (Phi) is 3.65. The molecule has 0 aliphatic heterocycles. The van der Waals surface area contributed by atoms with Crippen molar-refractivity contribution in [1.29, 1.82) is 0 Å². The third-order valence-corrected chi connectivity index (χ3v) is 1.88. The maximum Gasteiger partial charge on any atom is 0.418 e. The van der Waals surface area contributed by atoms with Gasteiger partial charge in [0.1, 0.15) is 19.1 Å². The summed E-state index contributed by atoms with van der Waals surface area (Å²) in [5.41, 5.74) is -0.500. The minimum Gasteiger partial charge on any atom is -0.464 e. The van der Waals surface area contributed by atoms with E-state index in [1.54, 1.807) is 20.8 Å². The van der Waals surface area contributed by atoms with Gasteiger partial charge in [-0.15, -0.1) is 0 Å². The van der Waals surface area contributed by atoms with Crippen LogP contribution in [0.25, 0.3) is 0 Å². The second-order valence-electron chi connectivity index (χ2n) is 4.45. The largest absolute Gasteiger partial charge is 0.464 e. The van der Waals surface area contributed by atoms with Crippen LogP contribution in [0.5, 0.6) is 0 Å². The van der Waals surface area contributed by atoms with Gasteiger partial charge in [0.05, 0.1) is 7.11 Å². The van der Waals surface area contributed by atoms with Gasteiger partial charge >= 0.3 is 12.1 Å². The van der Waals surface area contributed by atoms with E-state index < -0.39 is 17.7 Å². The number of rotatable bonds is 1. The molecule has 0 saturated carbocycles. The molecule has 0 bridgehead atoms. The SMILES string of the molecule is [B]c1ccc(C(=O)OC)n1C(=O)OC(C)(C)C. The molecule has 0 unspecified atom stereocenters. The topological polar surface area (TPSA) is 57.5 Å². The van der Waals surface area contributed by atoms with E-state index in [2.05, 4.69) is 4.74 Å². The fourth-order valence-corrected chi connectivity index (χ4v) is 1.23. The molecule has 1 heterocycles. The van der Waals surface area contributed by atoms with E-state index in [1.807, 2.05) is 0 Å². The highest BCUT2D eigenvalue weighted by molar-refractivity contribution is 6.32. The number of methoxy groups -OCH3 is 1. The number of hydrogen-bond donors (Lipinski definition) is 0. The number of nitrogens with zero attached hydrogens (tertiary/aromatic N) is 1. The Bertz CT molecular complexity index is 445.